The van der Waals surface area contributed by atoms with Crippen LogP contribution >= 0.6 is 0 Å². The molecular weight excluding hydrogens is 304 g/mol. The Balaban J connectivity index is 1.56. The van der Waals surface area contributed by atoms with Crippen LogP contribution in [0.3, 0.4) is 0 Å². The summed E-state index contributed by atoms with van der Waals surface area (Å²) in [7, 11) is 0. The average molecular weight is 326 g/mol. The highest BCUT2D eigenvalue weighted by Gasteiger charge is 2.08. The molecular formula is C24H22O. The van der Waals surface area contributed by atoms with Gasteiger partial charge in [-0.25, -0.2) is 0 Å². The first kappa shape index (κ1) is 15.9. The topological polar surface area (TPSA) is 9.23 Å². The molecule has 4 aromatic carbocycles. The van der Waals surface area contributed by atoms with E-state index in [1.165, 1.54) is 37.9 Å². The van der Waals surface area contributed by atoms with E-state index in [1.807, 2.05) is 6.08 Å². The molecule has 0 spiro atoms. The third kappa shape index (κ3) is 3.17. The van der Waals surface area contributed by atoms with Crippen LogP contribution in [-0.2, 0) is 11.3 Å². The van der Waals surface area contributed by atoms with E-state index >= 15 is 0 Å². The summed E-state index contributed by atoms with van der Waals surface area (Å²) in [6, 6.07) is 20.0. The molecule has 0 aliphatic carbocycles. The number of benzene rings is 4. The highest BCUT2D eigenvalue weighted by Crippen LogP contribution is 2.35. The fourth-order valence-corrected chi connectivity index (χ4v) is 3.64. The molecule has 0 saturated carbocycles. The van der Waals surface area contributed by atoms with Crippen LogP contribution in [0.1, 0.15) is 24.8 Å². The Morgan fingerprint density at radius 3 is 2.16 bits per heavy atom. The Bertz CT molecular complexity index is 990. The molecule has 0 fully saturated rings. The zero-order valence-electron chi connectivity index (χ0n) is 14.4. The van der Waals surface area contributed by atoms with Crippen LogP contribution in [0.5, 0.6) is 0 Å². The van der Waals surface area contributed by atoms with Gasteiger partial charge in [0.1, 0.15) is 0 Å². The molecule has 0 N–H and O–H groups in total. The van der Waals surface area contributed by atoms with Gasteiger partial charge >= 0.3 is 0 Å². The van der Waals surface area contributed by atoms with Gasteiger partial charge < -0.3 is 4.74 Å². The highest BCUT2D eigenvalue weighted by atomic mass is 16.5. The Labute approximate surface area is 148 Å². The van der Waals surface area contributed by atoms with Crippen molar-refractivity contribution in [3.8, 4) is 0 Å². The molecule has 0 aliphatic heterocycles. The van der Waals surface area contributed by atoms with E-state index < -0.39 is 0 Å². The SMILES string of the molecule is C=C=CCCCCOCc1cc2ccc3cccc4ccc(c1)c2c34. The first-order chi connectivity index (χ1) is 12.4. The number of allylic oxidation sites excluding steroid dienone is 1. The fraction of sp³-hybridized carbons (Fsp3) is 0.208. The lowest BCUT2D eigenvalue weighted by Crippen LogP contribution is -1.96. The molecule has 25 heavy (non-hydrogen) atoms. The van der Waals surface area contributed by atoms with Gasteiger partial charge in [0.25, 0.3) is 0 Å². The monoisotopic (exact) mass is 326 g/mol. The van der Waals surface area contributed by atoms with Gasteiger partial charge in [0.05, 0.1) is 6.61 Å². The van der Waals surface area contributed by atoms with Gasteiger partial charge in [0, 0.05) is 6.61 Å². The van der Waals surface area contributed by atoms with Gasteiger partial charge in [-0.1, -0.05) is 49.0 Å². The standard InChI is InChI=1S/C24H22O/c1-2-3-4-5-6-14-25-17-18-15-21-12-10-19-8-7-9-20-11-13-22(16-18)24(21)23(19)20/h3,7-13,15-16H,1,4-6,14,17H2. The maximum Gasteiger partial charge on any atom is 0.0717 e. The number of hydrogen-bond donors (Lipinski definition) is 0. The van der Waals surface area contributed by atoms with Gasteiger partial charge in [-0.3, -0.25) is 0 Å². The lowest BCUT2D eigenvalue weighted by Gasteiger charge is -2.12. The third-order valence-electron chi connectivity index (χ3n) is 4.82. The summed E-state index contributed by atoms with van der Waals surface area (Å²) in [5, 5.41) is 7.98. The van der Waals surface area contributed by atoms with Crippen LogP contribution in [-0.4, -0.2) is 6.61 Å². The first-order valence-corrected chi connectivity index (χ1v) is 8.95. The van der Waals surface area contributed by atoms with Crippen LogP contribution in [0.4, 0.5) is 0 Å². The van der Waals surface area contributed by atoms with Crippen molar-refractivity contribution in [2.45, 2.75) is 25.9 Å². The number of unbranched alkanes of at least 4 members (excludes halogenated alkanes) is 2. The smallest absolute Gasteiger partial charge is 0.0717 e. The normalized spacial score (nSPS) is 11.4. The Hall–Kier alpha value is -2.60. The molecule has 0 atom stereocenters. The molecule has 1 nitrogen and oxygen atoms in total. The first-order valence-electron chi connectivity index (χ1n) is 8.95. The van der Waals surface area contributed by atoms with Crippen molar-refractivity contribution in [3.05, 3.63) is 78.5 Å². The molecule has 124 valence electrons. The van der Waals surface area contributed by atoms with E-state index in [-0.39, 0.29) is 0 Å². The zero-order valence-corrected chi connectivity index (χ0v) is 14.4. The quantitative estimate of drug-likeness (QED) is 0.211. The van der Waals surface area contributed by atoms with Gasteiger partial charge in [-0.2, -0.15) is 0 Å². The van der Waals surface area contributed by atoms with Gasteiger partial charge in [0.2, 0.25) is 0 Å². The van der Waals surface area contributed by atoms with Crippen LogP contribution in [0.25, 0.3) is 32.3 Å². The molecule has 4 rings (SSSR count). The second kappa shape index (κ2) is 7.11. The van der Waals surface area contributed by atoms with Crippen LogP contribution in [0, 0.1) is 0 Å². The minimum absolute atomic E-state index is 0.674. The van der Waals surface area contributed by atoms with E-state index in [4.69, 9.17) is 4.74 Å². The lowest BCUT2D eigenvalue weighted by atomic mass is 9.93. The molecule has 0 radical (unpaired) electrons. The fourth-order valence-electron chi connectivity index (χ4n) is 3.64. The minimum Gasteiger partial charge on any atom is -0.377 e. The molecule has 0 amide bonds. The van der Waals surface area contributed by atoms with E-state index in [0.29, 0.717) is 6.61 Å². The molecule has 0 aliphatic rings. The summed E-state index contributed by atoms with van der Waals surface area (Å²) < 4.78 is 5.88. The zero-order chi connectivity index (χ0) is 17.1. The van der Waals surface area contributed by atoms with E-state index in [0.717, 1.165) is 25.9 Å². The van der Waals surface area contributed by atoms with Crippen molar-refractivity contribution in [1.29, 1.82) is 0 Å². The molecule has 1 heteroatoms. The predicted molar refractivity (Wildman–Crippen MR) is 107 cm³/mol. The number of ether oxygens (including phenoxy) is 1. The van der Waals surface area contributed by atoms with Crippen LogP contribution in [0.2, 0.25) is 0 Å². The summed E-state index contributed by atoms with van der Waals surface area (Å²) >= 11 is 0. The lowest BCUT2D eigenvalue weighted by molar-refractivity contribution is 0.117. The number of hydrogen-bond acceptors (Lipinski definition) is 1. The maximum absolute atomic E-state index is 5.88. The summed E-state index contributed by atoms with van der Waals surface area (Å²) in [5.74, 6) is 0. The van der Waals surface area contributed by atoms with Gasteiger partial charge in [0.15, 0.2) is 0 Å². The second-order valence-corrected chi connectivity index (χ2v) is 6.58. The summed E-state index contributed by atoms with van der Waals surface area (Å²) in [6.07, 6.45) is 5.22. The van der Waals surface area contributed by atoms with Crippen molar-refractivity contribution < 1.29 is 4.74 Å². The molecule has 4 aromatic rings. The molecule has 0 saturated heterocycles. The van der Waals surface area contributed by atoms with Crippen molar-refractivity contribution in [3.63, 3.8) is 0 Å². The predicted octanol–water partition coefficient (Wildman–Crippen LogP) is 6.61. The molecule has 0 heterocycles. The second-order valence-electron chi connectivity index (χ2n) is 6.58. The minimum atomic E-state index is 0.674. The van der Waals surface area contributed by atoms with Crippen molar-refractivity contribution in [2.24, 2.45) is 0 Å². The van der Waals surface area contributed by atoms with Crippen LogP contribution < -0.4 is 0 Å². The summed E-state index contributed by atoms with van der Waals surface area (Å²) in [6.45, 7) is 5.06. The van der Waals surface area contributed by atoms with Crippen LogP contribution in [0.15, 0.2) is 73.0 Å². The van der Waals surface area contributed by atoms with E-state index in [1.54, 1.807) is 0 Å². The molecule has 0 bridgehead atoms. The van der Waals surface area contributed by atoms with Gasteiger partial charge in [-0.15, -0.1) is 5.73 Å². The molecule has 0 aromatic heterocycles. The van der Waals surface area contributed by atoms with Gasteiger partial charge in [-0.05, 0) is 75.4 Å². The highest BCUT2D eigenvalue weighted by molar-refractivity contribution is 6.23. The van der Waals surface area contributed by atoms with Crippen molar-refractivity contribution in [2.75, 3.05) is 6.61 Å². The van der Waals surface area contributed by atoms with E-state index in [9.17, 15) is 0 Å². The van der Waals surface area contributed by atoms with E-state index in [2.05, 4.69) is 66.9 Å². The summed E-state index contributed by atoms with van der Waals surface area (Å²) in [4.78, 5) is 0. The molecule has 0 unspecified atom stereocenters. The van der Waals surface area contributed by atoms with Crippen molar-refractivity contribution in [1.82, 2.24) is 0 Å². The number of rotatable bonds is 7. The largest absolute Gasteiger partial charge is 0.377 e. The Morgan fingerprint density at radius 2 is 1.48 bits per heavy atom. The third-order valence-corrected chi connectivity index (χ3v) is 4.82. The summed E-state index contributed by atoms with van der Waals surface area (Å²) in [5.41, 5.74) is 4.06. The average Bonchev–Trinajstić information content (AvgIpc) is 2.65. The Kier molecular flexibility index (Phi) is 4.52. The maximum atomic E-state index is 5.88. The van der Waals surface area contributed by atoms with Crippen molar-refractivity contribution >= 4 is 32.3 Å². The Morgan fingerprint density at radius 1 is 0.840 bits per heavy atom.